The number of hydrogen-bond acceptors (Lipinski definition) is 5. The molecule has 1 N–H and O–H groups in total. The smallest absolute Gasteiger partial charge is 0.262 e. The molecule has 2 aromatic carbocycles. The maximum Gasteiger partial charge on any atom is 0.262 e. The lowest BCUT2D eigenvalue weighted by molar-refractivity contribution is -0.119. The molecule has 2 aliphatic carbocycles. The van der Waals surface area contributed by atoms with Crippen molar-refractivity contribution in [3.8, 4) is 5.75 Å². The van der Waals surface area contributed by atoms with Crippen molar-refractivity contribution in [2.24, 2.45) is 0 Å². The Morgan fingerprint density at radius 3 is 2.29 bits per heavy atom. The number of ketones is 2. The zero-order valence-electron chi connectivity index (χ0n) is 21.5. The summed E-state index contributed by atoms with van der Waals surface area (Å²) in [5.41, 5.74) is 5.70. The van der Waals surface area contributed by atoms with E-state index in [0.717, 1.165) is 59.2 Å². The Hall–Kier alpha value is -2.90. The van der Waals surface area contributed by atoms with Crippen molar-refractivity contribution in [3.63, 3.8) is 0 Å². The SMILES string of the molecule is CCN1C2=C(C(=O)CCC2)C(c2cc(Br)ccc2OCC(=O)Nc2ccc(C)c(Cl)c2)C2=C1CCCC2=O. The van der Waals surface area contributed by atoms with Crippen LogP contribution in [0.1, 0.15) is 62.5 Å². The fourth-order valence-electron chi connectivity index (χ4n) is 5.80. The number of carbonyl (C=O) groups is 3. The van der Waals surface area contributed by atoms with Gasteiger partial charge in [0.25, 0.3) is 5.91 Å². The van der Waals surface area contributed by atoms with Crippen LogP contribution in [0.4, 0.5) is 5.69 Å². The average Bonchev–Trinajstić information content (AvgIpc) is 2.89. The van der Waals surface area contributed by atoms with E-state index in [1.165, 1.54) is 0 Å². The van der Waals surface area contributed by atoms with Crippen LogP contribution in [0.3, 0.4) is 0 Å². The third kappa shape index (κ3) is 5.06. The summed E-state index contributed by atoms with van der Waals surface area (Å²) in [4.78, 5) is 41.8. The average molecular weight is 598 g/mol. The van der Waals surface area contributed by atoms with Crippen LogP contribution in [0.2, 0.25) is 5.02 Å². The number of ether oxygens (including phenoxy) is 1. The van der Waals surface area contributed by atoms with Crippen molar-refractivity contribution >= 4 is 50.7 Å². The fraction of sp³-hybridized carbons (Fsp3) is 0.367. The summed E-state index contributed by atoms with van der Waals surface area (Å²) in [7, 11) is 0. The van der Waals surface area contributed by atoms with E-state index in [1.807, 2.05) is 25.1 Å². The Morgan fingerprint density at radius 1 is 1.03 bits per heavy atom. The van der Waals surface area contributed by atoms with Crippen LogP contribution < -0.4 is 10.1 Å². The van der Waals surface area contributed by atoms with Crippen molar-refractivity contribution in [3.05, 3.63) is 79.6 Å². The molecule has 3 aliphatic rings. The van der Waals surface area contributed by atoms with Crippen molar-refractivity contribution in [2.45, 2.75) is 58.3 Å². The molecule has 1 amide bonds. The number of anilines is 1. The Bertz CT molecular complexity index is 1350. The first-order valence-electron chi connectivity index (χ1n) is 13.1. The molecular formula is C30H30BrClN2O4. The lowest BCUT2D eigenvalue weighted by Crippen LogP contribution is -2.39. The molecule has 0 aromatic heterocycles. The third-order valence-corrected chi connectivity index (χ3v) is 8.40. The number of aryl methyl sites for hydroxylation is 1. The number of nitrogens with one attached hydrogen (secondary N) is 1. The minimum atomic E-state index is -0.505. The van der Waals surface area contributed by atoms with Crippen LogP contribution in [-0.2, 0) is 14.4 Å². The van der Waals surface area contributed by atoms with Gasteiger partial charge in [-0.05, 0) is 75.4 Å². The molecule has 5 rings (SSSR count). The number of nitrogens with zero attached hydrogens (tertiary/aromatic N) is 1. The molecule has 0 fully saturated rings. The summed E-state index contributed by atoms with van der Waals surface area (Å²) >= 11 is 9.77. The van der Waals surface area contributed by atoms with Gasteiger partial charge in [-0.25, -0.2) is 0 Å². The first kappa shape index (κ1) is 26.7. The van der Waals surface area contributed by atoms with Gasteiger partial charge in [0.2, 0.25) is 0 Å². The number of hydrogen-bond donors (Lipinski definition) is 1. The summed E-state index contributed by atoms with van der Waals surface area (Å²) in [5, 5.41) is 3.39. The van der Waals surface area contributed by atoms with Crippen molar-refractivity contribution < 1.29 is 19.1 Å². The maximum atomic E-state index is 13.4. The number of rotatable bonds is 6. The number of benzene rings is 2. The second-order valence-electron chi connectivity index (χ2n) is 9.93. The zero-order valence-corrected chi connectivity index (χ0v) is 23.9. The van der Waals surface area contributed by atoms with Crippen molar-refractivity contribution in [2.75, 3.05) is 18.5 Å². The normalized spacial score (nSPS) is 17.9. The Balaban J connectivity index is 1.51. The number of amides is 1. The molecule has 0 spiro atoms. The van der Waals surface area contributed by atoms with Crippen molar-refractivity contribution in [1.82, 2.24) is 4.90 Å². The molecular weight excluding hydrogens is 568 g/mol. The largest absolute Gasteiger partial charge is 0.483 e. The monoisotopic (exact) mass is 596 g/mol. The first-order valence-corrected chi connectivity index (χ1v) is 14.2. The molecule has 2 aromatic rings. The van der Waals surface area contributed by atoms with Crippen LogP contribution in [0.15, 0.2) is 63.4 Å². The first-order chi connectivity index (χ1) is 18.3. The van der Waals surface area contributed by atoms with Crippen LogP contribution in [0, 0.1) is 6.92 Å². The van der Waals surface area contributed by atoms with E-state index in [9.17, 15) is 14.4 Å². The van der Waals surface area contributed by atoms with E-state index >= 15 is 0 Å². The Kier molecular flexibility index (Phi) is 7.78. The highest BCUT2D eigenvalue weighted by Gasteiger charge is 2.43. The Labute approximate surface area is 236 Å². The van der Waals surface area contributed by atoms with Gasteiger partial charge in [0.15, 0.2) is 18.2 Å². The molecule has 198 valence electrons. The van der Waals surface area contributed by atoms with Gasteiger partial charge in [0.05, 0.1) is 0 Å². The molecule has 0 saturated carbocycles. The molecule has 38 heavy (non-hydrogen) atoms. The molecule has 0 atom stereocenters. The minimum absolute atomic E-state index is 0.0829. The zero-order chi connectivity index (χ0) is 27.0. The van der Waals surface area contributed by atoms with Gasteiger partial charge in [-0.3, -0.25) is 14.4 Å². The number of halogens is 2. The van der Waals surface area contributed by atoms with Crippen LogP contribution in [-0.4, -0.2) is 35.5 Å². The quantitative estimate of drug-likeness (QED) is 0.394. The number of carbonyl (C=O) groups excluding carboxylic acids is 3. The van der Waals surface area contributed by atoms with E-state index in [4.69, 9.17) is 16.3 Å². The molecule has 0 saturated heterocycles. The lowest BCUT2D eigenvalue weighted by atomic mass is 9.70. The molecule has 0 radical (unpaired) electrons. The maximum absolute atomic E-state index is 13.4. The van der Waals surface area contributed by atoms with Crippen LogP contribution >= 0.6 is 27.5 Å². The molecule has 6 nitrogen and oxygen atoms in total. The highest BCUT2D eigenvalue weighted by atomic mass is 79.9. The summed E-state index contributed by atoms with van der Waals surface area (Å²) in [6.45, 7) is 4.46. The van der Waals surface area contributed by atoms with Crippen molar-refractivity contribution in [1.29, 1.82) is 0 Å². The van der Waals surface area contributed by atoms with Crippen LogP contribution in [0.25, 0.3) is 0 Å². The fourth-order valence-corrected chi connectivity index (χ4v) is 6.36. The summed E-state index contributed by atoms with van der Waals surface area (Å²) in [5.74, 6) is -0.188. The lowest BCUT2D eigenvalue weighted by Gasteiger charge is -2.43. The minimum Gasteiger partial charge on any atom is -0.483 e. The van der Waals surface area contributed by atoms with E-state index in [-0.39, 0.29) is 24.1 Å². The summed E-state index contributed by atoms with van der Waals surface area (Å²) in [6.07, 6.45) is 4.17. The van der Waals surface area contributed by atoms with E-state index < -0.39 is 5.92 Å². The van der Waals surface area contributed by atoms with Gasteiger partial charge in [-0.15, -0.1) is 0 Å². The van der Waals surface area contributed by atoms with E-state index in [2.05, 4.69) is 33.1 Å². The van der Waals surface area contributed by atoms with Gasteiger partial charge < -0.3 is 15.0 Å². The third-order valence-electron chi connectivity index (χ3n) is 7.50. The Morgan fingerprint density at radius 2 is 1.68 bits per heavy atom. The molecule has 1 heterocycles. The second kappa shape index (κ2) is 11.1. The van der Waals surface area contributed by atoms with Gasteiger partial charge in [-0.2, -0.15) is 0 Å². The van der Waals surface area contributed by atoms with Gasteiger partial charge >= 0.3 is 0 Å². The second-order valence-corrected chi connectivity index (χ2v) is 11.3. The predicted molar refractivity (Wildman–Crippen MR) is 151 cm³/mol. The van der Waals surface area contributed by atoms with Crippen LogP contribution in [0.5, 0.6) is 5.75 Å². The predicted octanol–water partition coefficient (Wildman–Crippen LogP) is 6.86. The summed E-state index contributed by atoms with van der Waals surface area (Å²) < 4.78 is 6.88. The number of allylic oxidation sites excluding steroid dienone is 4. The molecule has 0 unspecified atom stereocenters. The molecule has 8 heteroatoms. The van der Waals surface area contributed by atoms with Gasteiger partial charge in [0.1, 0.15) is 5.75 Å². The van der Waals surface area contributed by atoms with Gasteiger partial charge in [0, 0.05) is 68.6 Å². The molecule has 0 bridgehead atoms. The topological polar surface area (TPSA) is 75.7 Å². The highest BCUT2D eigenvalue weighted by Crippen LogP contribution is 2.51. The molecule has 1 aliphatic heterocycles. The number of Topliss-reactive ketones (excluding diaryl/α,β-unsaturated/α-hetero) is 2. The summed E-state index contributed by atoms with van der Waals surface area (Å²) in [6, 6.07) is 10.9. The van der Waals surface area contributed by atoms with E-state index in [0.29, 0.717) is 40.4 Å². The standard InChI is InChI=1S/C30H30BrClN2O4/c1-3-34-22-6-4-8-24(35)29(22)28(30-23(34)7-5-9-25(30)36)20-14-18(31)11-13-26(20)38-16-27(37)33-19-12-10-17(2)21(32)15-19/h10-15,28H,3-9,16H2,1-2H3,(H,33,37). The van der Waals surface area contributed by atoms with E-state index in [1.54, 1.807) is 18.2 Å². The van der Waals surface area contributed by atoms with Gasteiger partial charge in [-0.1, -0.05) is 33.6 Å². The highest BCUT2D eigenvalue weighted by molar-refractivity contribution is 9.10.